The van der Waals surface area contributed by atoms with Crippen LogP contribution in [0.4, 0.5) is 5.69 Å². The van der Waals surface area contributed by atoms with Crippen LogP contribution in [0.15, 0.2) is 52.4 Å². The van der Waals surface area contributed by atoms with E-state index in [0.717, 1.165) is 10.2 Å². The van der Waals surface area contributed by atoms with Crippen molar-refractivity contribution in [3.63, 3.8) is 0 Å². The van der Waals surface area contributed by atoms with E-state index in [9.17, 15) is 18.0 Å². The molecule has 2 amide bonds. The fourth-order valence-electron chi connectivity index (χ4n) is 2.98. The molecule has 0 fully saturated rings. The minimum atomic E-state index is -3.43. The number of nitrogens with one attached hydrogen (secondary N) is 1. The van der Waals surface area contributed by atoms with Crippen molar-refractivity contribution >= 4 is 48.9 Å². The molecule has 1 aromatic heterocycles. The number of carbonyl (C=O) groups excluding carboxylic acids is 2. The topological polar surface area (TPSA) is 107 Å². The Balaban J connectivity index is 2.08. The van der Waals surface area contributed by atoms with Gasteiger partial charge in [-0.1, -0.05) is 24.3 Å². The lowest BCUT2D eigenvalue weighted by atomic mass is 10.2. The number of amides is 2. The lowest BCUT2D eigenvalue weighted by Gasteiger charge is -2.06. The Labute approximate surface area is 184 Å². The molecule has 3 aromatic rings. The van der Waals surface area contributed by atoms with Crippen molar-refractivity contribution in [1.82, 2.24) is 4.57 Å². The second kappa shape index (κ2) is 9.54. The number of nitrogens with zero attached hydrogens (tertiary/aromatic N) is 2. The highest BCUT2D eigenvalue weighted by Gasteiger charge is 2.15. The predicted molar refractivity (Wildman–Crippen MR) is 120 cm³/mol. The number of sulfone groups is 1. The number of methoxy groups -OCH3 is 1. The summed E-state index contributed by atoms with van der Waals surface area (Å²) in [5.74, 6) is -0.760. The third-order valence-corrected chi connectivity index (χ3v) is 7.31. The van der Waals surface area contributed by atoms with Gasteiger partial charge in [-0.3, -0.25) is 9.59 Å². The van der Waals surface area contributed by atoms with Crippen molar-refractivity contribution in [1.29, 1.82) is 0 Å². The zero-order chi connectivity index (χ0) is 22.6. The lowest BCUT2D eigenvalue weighted by Crippen LogP contribution is -2.19. The van der Waals surface area contributed by atoms with Gasteiger partial charge in [0, 0.05) is 31.8 Å². The number of benzene rings is 2. The van der Waals surface area contributed by atoms with Crippen molar-refractivity contribution < 1.29 is 22.7 Å². The van der Waals surface area contributed by atoms with E-state index in [1.54, 1.807) is 26.2 Å². The van der Waals surface area contributed by atoms with Crippen LogP contribution in [-0.4, -0.2) is 44.3 Å². The third kappa shape index (κ3) is 5.27. The van der Waals surface area contributed by atoms with Gasteiger partial charge in [-0.2, -0.15) is 4.99 Å². The zero-order valence-electron chi connectivity index (χ0n) is 17.4. The zero-order valence-corrected chi connectivity index (χ0v) is 19.0. The molecule has 0 aliphatic heterocycles. The first-order chi connectivity index (χ1) is 14.7. The molecule has 0 bridgehead atoms. The molecule has 0 radical (unpaired) electrons. The minimum Gasteiger partial charge on any atom is -0.383 e. The minimum absolute atomic E-state index is 0.0499. The summed E-state index contributed by atoms with van der Waals surface area (Å²) < 4.78 is 32.2. The van der Waals surface area contributed by atoms with E-state index in [0.29, 0.717) is 23.6 Å². The van der Waals surface area contributed by atoms with Gasteiger partial charge in [0.25, 0.3) is 5.91 Å². The maximum atomic E-state index is 12.8. The number of hydrogen-bond acceptors (Lipinski definition) is 6. The standard InChI is InChI=1S/C21H23N3O5S2/c1-4-31(27,28)17-7-5-6-15(12-17)20(26)23-21-24(10-11-29-3)18-9-8-16(22-14(2)25)13-19(18)30-21/h5-9,12-13H,4,10-11H2,1-3H3,(H,22,25). The molecule has 0 atom stereocenters. The fraction of sp³-hybridized carbons (Fsp3) is 0.286. The van der Waals surface area contributed by atoms with Crippen molar-refractivity contribution in [2.45, 2.75) is 25.3 Å². The second-order valence-electron chi connectivity index (χ2n) is 6.74. The smallest absolute Gasteiger partial charge is 0.279 e. The van der Waals surface area contributed by atoms with Crippen molar-refractivity contribution in [3.8, 4) is 0 Å². The molecule has 0 aliphatic rings. The van der Waals surface area contributed by atoms with Gasteiger partial charge in [0.2, 0.25) is 5.91 Å². The number of ether oxygens (including phenoxy) is 1. The number of rotatable bonds is 7. The van der Waals surface area contributed by atoms with E-state index in [1.807, 2.05) is 16.7 Å². The summed E-state index contributed by atoms with van der Waals surface area (Å²) in [6.45, 7) is 3.89. The van der Waals surface area contributed by atoms with Crippen LogP contribution in [0, 0.1) is 0 Å². The Morgan fingerprint density at radius 1 is 1.19 bits per heavy atom. The summed E-state index contributed by atoms with van der Waals surface area (Å²) in [5, 5.41) is 2.74. The third-order valence-electron chi connectivity index (χ3n) is 4.54. The van der Waals surface area contributed by atoms with Gasteiger partial charge in [-0.25, -0.2) is 8.42 Å². The van der Waals surface area contributed by atoms with Crippen LogP contribution in [0.1, 0.15) is 24.2 Å². The average Bonchev–Trinajstić information content (AvgIpc) is 3.07. The maximum Gasteiger partial charge on any atom is 0.279 e. The highest BCUT2D eigenvalue weighted by molar-refractivity contribution is 7.91. The Morgan fingerprint density at radius 3 is 2.65 bits per heavy atom. The second-order valence-corrected chi connectivity index (χ2v) is 10.0. The number of aromatic nitrogens is 1. The largest absolute Gasteiger partial charge is 0.383 e. The van der Waals surface area contributed by atoms with E-state index in [2.05, 4.69) is 10.3 Å². The molecular formula is C21H23N3O5S2. The molecule has 0 saturated heterocycles. The van der Waals surface area contributed by atoms with Crippen LogP contribution in [0.3, 0.4) is 0 Å². The molecule has 0 aliphatic carbocycles. The maximum absolute atomic E-state index is 12.8. The van der Waals surface area contributed by atoms with E-state index < -0.39 is 15.7 Å². The number of fused-ring (bicyclic) bond motifs is 1. The summed E-state index contributed by atoms with van der Waals surface area (Å²) in [5.41, 5.74) is 1.70. The Bertz CT molecular complexity index is 1310. The van der Waals surface area contributed by atoms with Crippen molar-refractivity contribution in [2.24, 2.45) is 4.99 Å². The van der Waals surface area contributed by atoms with Gasteiger partial charge >= 0.3 is 0 Å². The molecule has 0 spiro atoms. The summed E-state index contributed by atoms with van der Waals surface area (Å²) >= 11 is 1.30. The van der Waals surface area contributed by atoms with Crippen LogP contribution in [0.2, 0.25) is 0 Å². The molecule has 164 valence electrons. The SMILES string of the molecule is CCS(=O)(=O)c1cccc(C(=O)N=c2sc3cc(NC(C)=O)ccc3n2CCOC)c1. The number of hydrogen-bond donors (Lipinski definition) is 1. The summed E-state index contributed by atoms with van der Waals surface area (Å²) in [6, 6.07) is 11.4. The van der Waals surface area contributed by atoms with Gasteiger partial charge in [0.1, 0.15) is 0 Å². The van der Waals surface area contributed by atoms with Crippen molar-refractivity contribution in [3.05, 3.63) is 52.8 Å². The number of thiazole rings is 1. The number of carbonyl (C=O) groups is 2. The summed E-state index contributed by atoms with van der Waals surface area (Å²) in [4.78, 5) is 29.0. The van der Waals surface area contributed by atoms with Crippen LogP contribution >= 0.6 is 11.3 Å². The molecule has 10 heteroatoms. The van der Waals surface area contributed by atoms with Crippen LogP contribution < -0.4 is 10.1 Å². The molecule has 0 saturated carbocycles. The molecule has 31 heavy (non-hydrogen) atoms. The van der Waals surface area contributed by atoms with E-state index in [1.165, 1.54) is 36.5 Å². The fourth-order valence-corrected chi connectivity index (χ4v) is 5.00. The van der Waals surface area contributed by atoms with E-state index >= 15 is 0 Å². The molecule has 1 N–H and O–H groups in total. The quantitative estimate of drug-likeness (QED) is 0.582. The van der Waals surface area contributed by atoms with E-state index in [4.69, 9.17) is 4.74 Å². The molecule has 3 rings (SSSR count). The number of anilines is 1. The predicted octanol–water partition coefficient (Wildman–Crippen LogP) is 2.84. The summed E-state index contributed by atoms with van der Waals surface area (Å²) in [6.07, 6.45) is 0. The molecule has 8 nitrogen and oxygen atoms in total. The Hall–Kier alpha value is -2.82. The Kier molecular flexibility index (Phi) is 7.04. The highest BCUT2D eigenvalue weighted by Crippen LogP contribution is 2.22. The monoisotopic (exact) mass is 461 g/mol. The molecule has 1 heterocycles. The first kappa shape index (κ1) is 22.9. The average molecular weight is 462 g/mol. The first-order valence-electron chi connectivity index (χ1n) is 9.57. The molecule has 0 unspecified atom stereocenters. The van der Waals surface area contributed by atoms with Crippen molar-refractivity contribution in [2.75, 3.05) is 24.8 Å². The molecule has 2 aromatic carbocycles. The van der Waals surface area contributed by atoms with Gasteiger partial charge in [0.15, 0.2) is 14.6 Å². The van der Waals surface area contributed by atoms with Gasteiger partial charge in [0.05, 0.1) is 27.5 Å². The van der Waals surface area contributed by atoms with Crippen LogP contribution in [0.5, 0.6) is 0 Å². The van der Waals surface area contributed by atoms with E-state index in [-0.39, 0.29) is 22.1 Å². The van der Waals surface area contributed by atoms with Gasteiger partial charge in [-0.15, -0.1) is 0 Å². The normalized spacial score (nSPS) is 12.3. The lowest BCUT2D eigenvalue weighted by molar-refractivity contribution is -0.114. The first-order valence-corrected chi connectivity index (χ1v) is 12.0. The van der Waals surface area contributed by atoms with Crippen LogP contribution in [0.25, 0.3) is 10.2 Å². The highest BCUT2D eigenvalue weighted by atomic mass is 32.2. The summed E-state index contributed by atoms with van der Waals surface area (Å²) in [7, 11) is -1.84. The van der Waals surface area contributed by atoms with Gasteiger partial charge < -0.3 is 14.6 Å². The van der Waals surface area contributed by atoms with Gasteiger partial charge in [-0.05, 0) is 36.4 Å². The van der Waals surface area contributed by atoms with Crippen LogP contribution in [-0.2, 0) is 25.9 Å². The Morgan fingerprint density at radius 2 is 1.97 bits per heavy atom. The molecular weight excluding hydrogens is 438 g/mol.